The second-order valence-electron chi connectivity index (χ2n) is 6.51. The molecule has 0 atom stereocenters. The van der Waals surface area contributed by atoms with Gasteiger partial charge in [-0.15, -0.1) is 0 Å². The first kappa shape index (κ1) is 15.5. The Hall–Kier alpha value is -3.00. The average molecular weight is 326 g/mol. The van der Waals surface area contributed by atoms with Crippen LogP contribution in [0.15, 0.2) is 78.9 Å². The van der Waals surface area contributed by atoms with Crippen molar-refractivity contribution in [2.75, 3.05) is 0 Å². The lowest BCUT2D eigenvalue weighted by atomic mass is 10.0. The molecule has 0 spiro atoms. The largest absolute Gasteiger partial charge is 0.277 e. The van der Waals surface area contributed by atoms with Crippen LogP contribution in [0.4, 0.5) is 0 Å². The van der Waals surface area contributed by atoms with E-state index in [0.717, 1.165) is 0 Å². The van der Waals surface area contributed by atoms with Gasteiger partial charge in [-0.05, 0) is 36.8 Å². The summed E-state index contributed by atoms with van der Waals surface area (Å²) in [7, 11) is 4.28. The minimum Gasteiger partial charge on any atom is -0.189 e. The molecule has 0 saturated heterocycles. The van der Waals surface area contributed by atoms with Gasteiger partial charge < -0.3 is 0 Å². The molecular weight excluding hydrogens is 304 g/mol. The number of para-hydroxylation sites is 1. The number of rotatable bonds is 2. The average Bonchev–Trinajstić information content (AvgIpc) is 2.64. The number of pyridine rings is 2. The van der Waals surface area contributed by atoms with E-state index in [1.54, 1.807) is 0 Å². The second kappa shape index (κ2) is 6.14. The molecule has 2 nitrogen and oxygen atoms in total. The normalized spacial score (nSPS) is 11.0. The summed E-state index contributed by atoms with van der Waals surface area (Å²) < 4.78 is 4.55. The smallest absolute Gasteiger partial charge is 0.189 e. The van der Waals surface area contributed by atoms with Gasteiger partial charge in [0.15, 0.2) is 0 Å². The zero-order chi connectivity index (χ0) is 17.4. The Balaban J connectivity index is 1.95. The van der Waals surface area contributed by atoms with Crippen molar-refractivity contribution in [2.45, 2.75) is 6.92 Å². The van der Waals surface area contributed by atoms with E-state index in [1.165, 1.54) is 39.1 Å². The summed E-state index contributed by atoms with van der Waals surface area (Å²) in [5.41, 5.74) is 7.43. The van der Waals surface area contributed by atoms with Crippen molar-refractivity contribution < 1.29 is 9.13 Å². The molecule has 0 saturated carbocycles. The Kier molecular flexibility index (Phi) is 3.81. The van der Waals surface area contributed by atoms with Gasteiger partial charge in [0.1, 0.15) is 14.1 Å². The lowest BCUT2D eigenvalue weighted by molar-refractivity contribution is -0.672. The molecule has 0 radical (unpaired) electrons. The fourth-order valence-corrected chi connectivity index (χ4v) is 3.57. The van der Waals surface area contributed by atoms with Gasteiger partial charge in [0.05, 0.1) is 0 Å². The van der Waals surface area contributed by atoms with E-state index in [1.807, 2.05) is 0 Å². The van der Waals surface area contributed by atoms with Crippen molar-refractivity contribution in [2.24, 2.45) is 14.1 Å². The van der Waals surface area contributed by atoms with Gasteiger partial charge in [-0.25, -0.2) is 0 Å². The third-order valence-corrected chi connectivity index (χ3v) is 4.99. The van der Waals surface area contributed by atoms with Crippen LogP contribution < -0.4 is 9.13 Å². The Morgan fingerprint density at radius 1 is 0.560 bits per heavy atom. The van der Waals surface area contributed by atoms with Gasteiger partial charge >= 0.3 is 0 Å². The number of benzene rings is 2. The molecule has 0 fully saturated rings. The molecule has 2 heterocycles. The lowest BCUT2D eigenvalue weighted by Crippen LogP contribution is -2.40. The number of aryl methyl sites for hydroxylation is 2. The molecule has 2 aromatic heterocycles. The fraction of sp³-hybridized carbons (Fsp3) is 0.130. The van der Waals surface area contributed by atoms with Gasteiger partial charge in [0, 0.05) is 35.2 Å². The van der Waals surface area contributed by atoms with Gasteiger partial charge in [-0.2, -0.15) is 9.13 Å². The van der Waals surface area contributed by atoms with Crippen LogP contribution in [0, 0.1) is 6.92 Å². The van der Waals surface area contributed by atoms with Crippen LogP contribution in [-0.2, 0) is 14.1 Å². The monoisotopic (exact) mass is 326 g/mol. The predicted molar refractivity (Wildman–Crippen MR) is 102 cm³/mol. The van der Waals surface area contributed by atoms with E-state index < -0.39 is 0 Å². The van der Waals surface area contributed by atoms with E-state index in [4.69, 9.17) is 0 Å². The van der Waals surface area contributed by atoms with Crippen LogP contribution in [-0.4, -0.2) is 0 Å². The first-order valence-electron chi connectivity index (χ1n) is 8.60. The molecule has 4 rings (SSSR count). The molecule has 0 bridgehead atoms. The maximum atomic E-state index is 2.28. The van der Waals surface area contributed by atoms with Gasteiger partial charge in [0.25, 0.3) is 11.4 Å². The summed E-state index contributed by atoms with van der Waals surface area (Å²) >= 11 is 0. The lowest BCUT2D eigenvalue weighted by Gasteiger charge is -2.07. The molecule has 122 valence electrons. The second-order valence-corrected chi connectivity index (χ2v) is 6.51. The Morgan fingerprint density at radius 3 is 2.08 bits per heavy atom. The summed E-state index contributed by atoms with van der Waals surface area (Å²) in [5.74, 6) is 0. The summed E-state index contributed by atoms with van der Waals surface area (Å²) in [4.78, 5) is 0. The number of nitrogens with zero attached hydrogens (tertiary/aromatic N) is 2. The van der Waals surface area contributed by atoms with Crippen molar-refractivity contribution in [1.82, 2.24) is 0 Å². The molecule has 0 aliphatic rings. The van der Waals surface area contributed by atoms with Crippen molar-refractivity contribution >= 4 is 10.9 Å². The van der Waals surface area contributed by atoms with E-state index in [-0.39, 0.29) is 0 Å². The molecule has 4 aromatic rings. The molecule has 2 heteroatoms. The highest BCUT2D eigenvalue weighted by Crippen LogP contribution is 2.23. The van der Waals surface area contributed by atoms with Crippen molar-refractivity contribution in [3.63, 3.8) is 0 Å². The van der Waals surface area contributed by atoms with Crippen LogP contribution in [0.25, 0.3) is 33.5 Å². The SMILES string of the molecule is Cc1ccccc1-c1cccc(-c2ccc3ccccc3[n+]2C)[n+]1C. The summed E-state index contributed by atoms with van der Waals surface area (Å²) in [6.45, 7) is 2.16. The van der Waals surface area contributed by atoms with E-state index in [9.17, 15) is 0 Å². The minimum atomic E-state index is 1.20. The molecule has 0 aliphatic heterocycles. The topological polar surface area (TPSA) is 7.76 Å². The van der Waals surface area contributed by atoms with Crippen molar-refractivity contribution in [1.29, 1.82) is 0 Å². The van der Waals surface area contributed by atoms with Gasteiger partial charge in [-0.1, -0.05) is 30.3 Å². The summed E-state index contributed by atoms with van der Waals surface area (Å²) in [5, 5.41) is 1.26. The third kappa shape index (κ3) is 2.60. The Labute approximate surface area is 148 Å². The van der Waals surface area contributed by atoms with Crippen LogP contribution >= 0.6 is 0 Å². The third-order valence-electron chi connectivity index (χ3n) is 4.99. The first-order chi connectivity index (χ1) is 12.2. The summed E-state index contributed by atoms with van der Waals surface area (Å²) in [6, 6.07) is 28.0. The van der Waals surface area contributed by atoms with Crippen LogP contribution in [0.5, 0.6) is 0 Å². The molecular formula is C23H22N2+2. The van der Waals surface area contributed by atoms with E-state index in [2.05, 4.69) is 109 Å². The van der Waals surface area contributed by atoms with Crippen LogP contribution in [0.1, 0.15) is 5.56 Å². The fourth-order valence-electron chi connectivity index (χ4n) is 3.57. The van der Waals surface area contributed by atoms with E-state index >= 15 is 0 Å². The molecule has 0 aliphatic carbocycles. The summed E-state index contributed by atoms with van der Waals surface area (Å²) in [6.07, 6.45) is 0. The number of hydrogen-bond donors (Lipinski definition) is 0. The quantitative estimate of drug-likeness (QED) is 0.489. The molecule has 2 aromatic carbocycles. The maximum absolute atomic E-state index is 2.28. The standard InChI is InChI=1S/C23H22N2/c1-17-9-4-6-11-19(17)21-13-8-14-22(25(21)3)23-16-15-18-10-5-7-12-20(18)24(23)2/h4-16H,1-3H3/q+2. The molecule has 25 heavy (non-hydrogen) atoms. The zero-order valence-electron chi connectivity index (χ0n) is 14.9. The van der Waals surface area contributed by atoms with Gasteiger partial charge in [-0.3, -0.25) is 0 Å². The number of fused-ring (bicyclic) bond motifs is 1. The highest BCUT2D eigenvalue weighted by atomic mass is 15.0. The highest BCUT2D eigenvalue weighted by molar-refractivity contribution is 5.77. The Morgan fingerprint density at radius 2 is 1.24 bits per heavy atom. The first-order valence-corrected chi connectivity index (χ1v) is 8.60. The molecule has 0 N–H and O–H groups in total. The van der Waals surface area contributed by atoms with Crippen LogP contribution in [0.3, 0.4) is 0 Å². The minimum absolute atomic E-state index is 1.20. The Bertz CT molecular complexity index is 1080. The van der Waals surface area contributed by atoms with Crippen molar-refractivity contribution in [3.05, 3.63) is 84.4 Å². The van der Waals surface area contributed by atoms with Crippen molar-refractivity contribution in [3.8, 4) is 22.6 Å². The highest BCUT2D eigenvalue weighted by Gasteiger charge is 2.24. The van der Waals surface area contributed by atoms with E-state index in [0.29, 0.717) is 0 Å². The molecule has 0 amide bonds. The number of aromatic nitrogens is 2. The number of hydrogen-bond acceptors (Lipinski definition) is 0. The zero-order valence-corrected chi connectivity index (χ0v) is 14.9. The van der Waals surface area contributed by atoms with Crippen LogP contribution in [0.2, 0.25) is 0 Å². The molecule has 0 unspecified atom stereocenters. The predicted octanol–water partition coefficient (Wildman–Crippen LogP) is 4.13. The maximum Gasteiger partial charge on any atom is 0.277 e. The van der Waals surface area contributed by atoms with Gasteiger partial charge in [0.2, 0.25) is 11.2 Å².